The first-order valence-electron chi connectivity index (χ1n) is 5.63. The molecule has 1 heterocycles. The van der Waals surface area contributed by atoms with Gasteiger partial charge in [-0.15, -0.1) is 0 Å². The van der Waals surface area contributed by atoms with Gasteiger partial charge in [0.1, 0.15) is 5.67 Å². The van der Waals surface area contributed by atoms with E-state index in [0.29, 0.717) is 6.61 Å². The number of hydrogen-bond acceptors (Lipinski definition) is 1. The zero-order valence-corrected chi connectivity index (χ0v) is 11.0. The van der Waals surface area contributed by atoms with E-state index in [9.17, 15) is 4.39 Å². The third-order valence-corrected chi connectivity index (χ3v) is 3.81. The molecule has 1 aliphatic heterocycles. The van der Waals surface area contributed by atoms with Gasteiger partial charge in [0.15, 0.2) is 0 Å². The van der Waals surface area contributed by atoms with Gasteiger partial charge in [-0.05, 0) is 37.5 Å². The van der Waals surface area contributed by atoms with Crippen molar-refractivity contribution in [2.45, 2.75) is 25.4 Å². The van der Waals surface area contributed by atoms with E-state index >= 15 is 0 Å². The highest BCUT2D eigenvalue weighted by molar-refractivity contribution is 9.10. The van der Waals surface area contributed by atoms with Crippen LogP contribution in [0.15, 0.2) is 28.7 Å². The SMILES string of the molecule is CC(F)(c1cccc(Br)c1)C1CCCOC1. The number of hydrogen-bond donors (Lipinski definition) is 0. The molecule has 3 heteroatoms. The normalized spacial score (nSPS) is 25.1. The molecule has 0 aliphatic carbocycles. The molecule has 0 bridgehead atoms. The second kappa shape index (κ2) is 4.84. The van der Waals surface area contributed by atoms with Gasteiger partial charge in [-0.25, -0.2) is 4.39 Å². The summed E-state index contributed by atoms with van der Waals surface area (Å²) in [5.41, 5.74) is -0.568. The standard InChI is InChI=1S/C13H16BrFO/c1-13(15,11-5-3-7-16-9-11)10-4-2-6-12(14)8-10/h2,4,6,8,11H,3,5,7,9H2,1H3. The van der Waals surface area contributed by atoms with Crippen molar-refractivity contribution >= 4 is 15.9 Å². The predicted octanol–water partition coefficient (Wildman–Crippen LogP) is 4.06. The van der Waals surface area contributed by atoms with Crippen LogP contribution in [0.25, 0.3) is 0 Å². The molecule has 0 saturated carbocycles. The topological polar surface area (TPSA) is 9.23 Å². The molecule has 0 aromatic heterocycles. The van der Waals surface area contributed by atoms with Gasteiger partial charge in [0.25, 0.3) is 0 Å². The highest BCUT2D eigenvalue weighted by Crippen LogP contribution is 2.38. The quantitative estimate of drug-likeness (QED) is 0.797. The Morgan fingerprint density at radius 1 is 1.50 bits per heavy atom. The van der Waals surface area contributed by atoms with Crippen molar-refractivity contribution in [3.8, 4) is 0 Å². The maximum absolute atomic E-state index is 14.8. The van der Waals surface area contributed by atoms with Crippen LogP contribution >= 0.6 is 15.9 Å². The zero-order chi connectivity index (χ0) is 11.6. The molecule has 1 aromatic rings. The number of benzene rings is 1. The van der Waals surface area contributed by atoms with Crippen molar-refractivity contribution in [2.75, 3.05) is 13.2 Å². The van der Waals surface area contributed by atoms with Crippen LogP contribution in [-0.4, -0.2) is 13.2 Å². The van der Waals surface area contributed by atoms with Gasteiger partial charge in [-0.2, -0.15) is 0 Å². The second-order valence-corrected chi connectivity index (χ2v) is 5.42. The summed E-state index contributed by atoms with van der Waals surface area (Å²) in [5, 5.41) is 0. The lowest BCUT2D eigenvalue weighted by Gasteiger charge is -2.33. The molecule has 0 spiro atoms. The summed E-state index contributed by atoms with van der Waals surface area (Å²) in [6.07, 6.45) is 1.86. The van der Waals surface area contributed by atoms with Gasteiger partial charge in [0.2, 0.25) is 0 Å². The summed E-state index contributed by atoms with van der Waals surface area (Å²) >= 11 is 3.38. The minimum atomic E-state index is -1.30. The van der Waals surface area contributed by atoms with Gasteiger partial charge < -0.3 is 4.74 Å². The average Bonchev–Trinajstić information content (AvgIpc) is 2.30. The molecule has 0 N–H and O–H groups in total. The fourth-order valence-corrected chi connectivity index (χ4v) is 2.60. The van der Waals surface area contributed by atoms with Crippen molar-refractivity contribution in [3.63, 3.8) is 0 Å². The average molecular weight is 287 g/mol. The number of alkyl halides is 1. The summed E-state index contributed by atoms with van der Waals surface area (Å²) in [5.74, 6) is -0.0319. The smallest absolute Gasteiger partial charge is 0.138 e. The molecule has 2 rings (SSSR count). The predicted molar refractivity (Wildman–Crippen MR) is 66.1 cm³/mol. The van der Waals surface area contributed by atoms with Crippen LogP contribution in [-0.2, 0) is 10.4 Å². The molecule has 1 fully saturated rings. The van der Waals surface area contributed by atoms with Crippen LogP contribution < -0.4 is 0 Å². The number of ether oxygens (including phenoxy) is 1. The zero-order valence-electron chi connectivity index (χ0n) is 9.38. The summed E-state index contributed by atoms with van der Waals surface area (Å²) in [4.78, 5) is 0. The number of rotatable bonds is 2. The molecule has 0 radical (unpaired) electrons. The molecule has 2 atom stereocenters. The van der Waals surface area contributed by atoms with Gasteiger partial charge in [-0.3, -0.25) is 0 Å². The largest absolute Gasteiger partial charge is 0.381 e. The Morgan fingerprint density at radius 2 is 2.31 bits per heavy atom. The van der Waals surface area contributed by atoms with E-state index in [1.54, 1.807) is 6.92 Å². The van der Waals surface area contributed by atoms with Gasteiger partial charge in [0, 0.05) is 17.0 Å². The lowest BCUT2D eigenvalue weighted by molar-refractivity contribution is -0.0232. The lowest BCUT2D eigenvalue weighted by Crippen LogP contribution is -2.33. The summed E-state index contributed by atoms with van der Waals surface area (Å²) in [6.45, 7) is 2.96. The first-order chi connectivity index (χ1) is 7.60. The van der Waals surface area contributed by atoms with E-state index in [0.717, 1.165) is 29.5 Å². The van der Waals surface area contributed by atoms with Crippen LogP contribution in [0, 0.1) is 5.92 Å². The fraction of sp³-hybridized carbons (Fsp3) is 0.538. The van der Waals surface area contributed by atoms with Crippen molar-refractivity contribution in [1.82, 2.24) is 0 Å². The van der Waals surface area contributed by atoms with Crippen LogP contribution in [0.1, 0.15) is 25.3 Å². The molecule has 1 nitrogen and oxygen atoms in total. The summed E-state index contributed by atoms with van der Waals surface area (Å²) in [7, 11) is 0. The van der Waals surface area contributed by atoms with Crippen LogP contribution in [0.5, 0.6) is 0 Å². The maximum Gasteiger partial charge on any atom is 0.138 e. The molecule has 2 unspecified atom stereocenters. The van der Waals surface area contributed by atoms with Gasteiger partial charge in [0.05, 0.1) is 6.61 Å². The van der Waals surface area contributed by atoms with E-state index in [1.807, 2.05) is 24.3 Å². The van der Waals surface area contributed by atoms with Crippen molar-refractivity contribution in [2.24, 2.45) is 5.92 Å². The summed E-state index contributed by atoms with van der Waals surface area (Å²) in [6, 6.07) is 7.49. The second-order valence-electron chi connectivity index (χ2n) is 4.50. The minimum Gasteiger partial charge on any atom is -0.381 e. The Balaban J connectivity index is 2.22. The van der Waals surface area contributed by atoms with Gasteiger partial charge >= 0.3 is 0 Å². The monoisotopic (exact) mass is 286 g/mol. The Bertz CT molecular complexity index is 359. The van der Waals surface area contributed by atoms with Crippen LogP contribution in [0.3, 0.4) is 0 Å². The molecular formula is C13H16BrFO. The Kier molecular flexibility index (Phi) is 3.65. The molecule has 16 heavy (non-hydrogen) atoms. The first-order valence-corrected chi connectivity index (χ1v) is 6.42. The van der Waals surface area contributed by atoms with E-state index in [4.69, 9.17) is 4.74 Å². The van der Waals surface area contributed by atoms with Crippen LogP contribution in [0.2, 0.25) is 0 Å². The molecule has 1 aliphatic rings. The highest BCUT2D eigenvalue weighted by Gasteiger charge is 2.37. The first kappa shape index (κ1) is 12.1. The van der Waals surface area contributed by atoms with E-state index < -0.39 is 5.67 Å². The summed E-state index contributed by atoms with van der Waals surface area (Å²) < 4.78 is 21.1. The fourth-order valence-electron chi connectivity index (χ4n) is 2.20. The number of halogens is 2. The molecular weight excluding hydrogens is 271 g/mol. The van der Waals surface area contributed by atoms with Crippen LogP contribution in [0.4, 0.5) is 4.39 Å². The third kappa shape index (κ3) is 2.46. The molecule has 0 amide bonds. The molecule has 1 saturated heterocycles. The Hall–Kier alpha value is -0.410. The maximum atomic E-state index is 14.8. The van der Waals surface area contributed by atoms with Crippen molar-refractivity contribution in [3.05, 3.63) is 34.3 Å². The van der Waals surface area contributed by atoms with Crippen molar-refractivity contribution in [1.29, 1.82) is 0 Å². The van der Waals surface area contributed by atoms with E-state index in [2.05, 4.69) is 15.9 Å². The molecule has 88 valence electrons. The Morgan fingerprint density at radius 3 is 2.94 bits per heavy atom. The van der Waals surface area contributed by atoms with Gasteiger partial charge in [-0.1, -0.05) is 28.1 Å². The Labute approximate surface area is 104 Å². The third-order valence-electron chi connectivity index (χ3n) is 3.32. The van der Waals surface area contributed by atoms with E-state index in [1.165, 1.54) is 0 Å². The minimum absolute atomic E-state index is 0.0319. The highest BCUT2D eigenvalue weighted by atomic mass is 79.9. The lowest BCUT2D eigenvalue weighted by atomic mass is 9.81. The van der Waals surface area contributed by atoms with Crippen molar-refractivity contribution < 1.29 is 9.13 Å². The van der Waals surface area contributed by atoms with E-state index in [-0.39, 0.29) is 5.92 Å². The molecule has 1 aromatic carbocycles.